The zero-order chi connectivity index (χ0) is 24.0. The van der Waals surface area contributed by atoms with Crippen molar-refractivity contribution in [3.8, 4) is 0 Å². The van der Waals surface area contributed by atoms with Crippen LogP contribution in [0, 0.1) is 0 Å². The Kier molecular flexibility index (Phi) is 11.2. The van der Waals surface area contributed by atoms with E-state index in [1.807, 2.05) is 13.8 Å². The summed E-state index contributed by atoms with van der Waals surface area (Å²) in [5.41, 5.74) is 3.28. The molecule has 0 amide bonds. The Morgan fingerprint density at radius 3 is 1.83 bits per heavy atom. The van der Waals surface area contributed by atoms with Gasteiger partial charge < -0.3 is 24.7 Å². The Labute approximate surface area is 190 Å². The molecule has 2 atom stereocenters. The second kappa shape index (κ2) is 11.4. The molecule has 0 aromatic heterocycles. The number of Topliss-reactive ketones (excluding diaryl/α,β-unsaturated/α-hetero) is 1. The van der Waals surface area contributed by atoms with Gasteiger partial charge in [0.15, 0.2) is 12.2 Å². The lowest BCUT2D eigenvalue weighted by Crippen LogP contribution is -2.46. The molecule has 8 heteroatoms. The van der Waals surface area contributed by atoms with Gasteiger partial charge in [-0.25, -0.2) is 4.79 Å². The molecule has 30 heavy (non-hydrogen) atoms. The number of ether oxygens (including phenoxy) is 4. The number of alkyl halides is 1. The third kappa shape index (κ3) is 13.0. The topological polar surface area (TPSA) is 97.1 Å². The minimum absolute atomic E-state index is 0.0318. The van der Waals surface area contributed by atoms with Crippen LogP contribution in [0.4, 0.5) is 0 Å². The van der Waals surface area contributed by atoms with Crippen LogP contribution >= 0.6 is 15.9 Å². The molecule has 0 aromatic carbocycles. The van der Waals surface area contributed by atoms with E-state index in [1.54, 1.807) is 27.7 Å². The maximum Gasteiger partial charge on any atom is 0.335 e. The average molecular weight is 496 g/mol. The van der Waals surface area contributed by atoms with Gasteiger partial charge in [0, 0.05) is 10.9 Å². The lowest BCUT2D eigenvalue weighted by Gasteiger charge is -2.31. The Morgan fingerprint density at radius 2 is 1.37 bits per heavy atom. The highest BCUT2D eigenvalue weighted by Crippen LogP contribution is 2.24. The van der Waals surface area contributed by atoms with E-state index < -0.39 is 29.5 Å². The summed E-state index contributed by atoms with van der Waals surface area (Å²) >= 11 is 3.60. The lowest BCUT2D eigenvalue weighted by atomic mass is 9.98. The van der Waals surface area contributed by atoms with Gasteiger partial charge in [-0.2, -0.15) is 0 Å². The Bertz CT molecular complexity index is 563. The van der Waals surface area contributed by atoms with Crippen molar-refractivity contribution in [3.05, 3.63) is 0 Å². The molecule has 0 rings (SSSR count). The predicted molar refractivity (Wildman–Crippen MR) is 122 cm³/mol. The van der Waals surface area contributed by atoms with Gasteiger partial charge in [-0.15, -0.1) is 0 Å². The second-order valence-electron chi connectivity index (χ2n) is 9.99. The first kappa shape index (κ1) is 29.5. The average Bonchev–Trinajstić information content (AvgIpc) is 2.50. The molecule has 0 saturated heterocycles. The summed E-state index contributed by atoms with van der Waals surface area (Å²) in [5.74, 6) is -0.968. The number of carbonyl (C=O) groups is 2. The van der Waals surface area contributed by atoms with E-state index in [-0.39, 0.29) is 15.7 Å². The van der Waals surface area contributed by atoms with E-state index in [1.165, 1.54) is 13.8 Å². The fourth-order valence-corrected chi connectivity index (χ4v) is 2.74. The molecule has 0 bridgehead atoms. The number of hydrogen-bond acceptors (Lipinski definition) is 7. The summed E-state index contributed by atoms with van der Waals surface area (Å²) in [4.78, 5) is 24.9. The minimum Gasteiger partial charge on any atom is -0.453 e. The molecule has 178 valence electrons. The second-order valence-corrected chi connectivity index (χ2v) is 12.1. The van der Waals surface area contributed by atoms with Gasteiger partial charge in [-0.05, 0) is 82.1 Å². The molecule has 0 aromatic rings. The third-order valence-electron chi connectivity index (χ3n) is 4.42. The molecular weight excluding hydrogens is 454 g/mol. The first-order chi connectivity index (χ1) is 13.3. The highest BCUT2D eigenvalue weighted by molar-refractivity contribution is 9.10. The summed E-state index contributed by atoms with van der Waals surface area (Å²) in [7, 11) is 0. The number of hydrogen-bond donors (Lipinski definition) is 1. The molecular formula is C22H42BrNO6. The molecule has 0 aliphatic carbocycles. The normalized spacial score (nSPS) is 15.6. The number of rotatable bonds is 14. The standard InChI is InChI=1S/C22H42BrNO6/c1-15(29-18(26)16(2)30-22(9,10)24)17(25)21(7,8)28-14-12-20(5,6)27-13-11-19(3,4)23/h15-16H,11-14,24H2,1-10H3. The van der Waals surface area contributed by atoms with E-state index >= 15 is 0 Å². The van der Waals surface area contributed by atoms with Crippen LogP contribution in [0.1, 0.15) is 82.1 Å². The molecule has 0 aliphatic heterocycles. The van der Waals surface area contributed by atoms with E-state index in [9.17, 15) is 9.59 Å². The van der Waals surface area contributed by atoms with Gasteiger partial charge in [-0.3, -0.25) is 4.79 Å². The highest BCUT2D eigenvalue weighted by Gasteiger charge is 2.36. The lowest BCUT2D eigenvalue weighted by molar-refractivity contribution is -0.177. The Balaban J connectivity index is 4.59. The fraction of sp³-hybridized carbons (Fsp3) is 0.909. The van der Waals surface area contributed by atoms with Crippen LogP contribution in [0.15, 0.2) is 0 Å². The summed E-state index contributed by atoms with van der Waals surface area (Å²) in [6.07, 6.45) is -0.346. The van der Waals surface area contributed by atoms with Crippen LogP contribution in [0.25, 0.3) is 0 Å². The van der Waals surface area contributed by atoms with Crippen LogP contribution in [0.2, 0.25) is 0 Å². The number of carbonyl (C=O) groups excluding carboxylic acids is 2. The first-order valence-electron chi connectivity index (χ1n) is 10.4. The molecule has 0 spiro atoms. The summed E-state index contributed by atoms with van der Waals surface area (Å²) in [5, 5.41) is 0. The van der Waals surface area contributed by atoms with Crippen molar-refractivity contribution in [3.63, 3.8) is 0 Å². The zero-order valence-electron chi connectivity index (χ0n) is 20.4. The van der Waals surface area contributed by atoms with Gasteiger partial charge in [0.1, 0.15) is 11.3 Å². The van der Waals surface area contributed by atoms with E-state index in [4.69, 9.17) is 24.7 Å². The number of nitrogens with two attached hydrogens (primary N) is 1. The van der Waals surface area contributed by atoms with Crippen molar-refractivity contribution >= 4 is 27.7 Å². The predicted octanol–water partition coefficient (Wildman–Crippen LogP) is 4.13. The molecule has 2 unspecified atom stereocenters. The molecule has 0 heterocycles. The van der Waals surface area contributed by atoms with E-state index in [0.717, 1.165) is 6.42 Å². The molecule has 0 fully saturated rings. The number of ketones is 1. The van der Waals surface area contributed by atoms with Gasteiger partial charge >= 0.3 is 5.97 Å². The van der Waals surface area contributed by atoms with Crippen molar-refractivity contribution in [1.82, 2.24) is 0 Å². The van der Waals surface area contributed by atoms with Crippen molar-refractivity contribution < 1.29 is 28.5 Å². The Hall–Kier alpha value is -0.540. The highest BCUT2D eigenvalue weighted by atomic mass is 79.9. The van der Waals surface area contributed by atoms with Crippen LogP contribution < -0.4 is 5.73 Å². The number of esters is 1. The molecule has 2 N–H and O–H groups in total. The summed E-state index contributed by atoms with van der Waals surface area (Å²) in [6, 6.07) is 0. The van der Waals surface area contributed by atoms with Crippen LogP contribution in [-0.2, 0) is 28.5 Å². The maximum atomic E-state index is 12.7. The summed E-state index contributed by atoms with van der Waals surface area (Å²) < 4.78 is 22.5. The van der Waals surface area contributed by atoms with Crippen molar-refractivity contribution in [2.24, 2.45) is 5.73 Å². The summed E-state index contributed by atoms with van der Waals surface area (Å²) in [6.45, 7) is 18.8. The molecule has 0 aliphatic rings. The van der Waals surface area contributed by atoms with Gasteiger partial charge in [0.05, 0.1) is 12.2 Å². The third-order valence-corrected chi connectivity index (χ3v) is 4.82. The number of halogens is 1. The van der Waals surface area contributed by atoms with Crippen molar-refractivity contribution in [2.45, 2.75) is 116 Å². The van der Waals surface area contributed by atoms with Crippen molar-refractivity contribution in [1.29, 1.82) is 0 Å². The maximum absolute atomic E-state index is 12.7. The molecule has 0 saturated carbocycles. The van der Waals surface area contributed by atoms with Gasteiger partial charge in [0.25, 0.3) is 0 Å². The van der Waals surface area contributed by atoms with Gasteiger partial charge in [0.2, 0.25) is 5.78 Å². The minimum atomic E-state index is -1.11. The first-order valence-corrected chi connectivity index (χ1v) is 11.2. The SMILES string of the molecule is CC(OC(C)(C)N)C(=O)OC(C)C(=O)C(C)(C)OCCC(C)(C)OCCC(C)(C)Br. The van der Waals surface area contributed by atoms with Gasteiger partial charge in [-0.1, -0.05) is 15.9 Å². The van der Waals surface area contributed by atoms with E-state index in [0.29, 0.717) is 19.6 Å². The van der Waals surface area contributed by atoms with E-state index in [2.05, 4.69) is 29.8 Å². The largest absolute Gasteiger partial charge is 0.453 e. The van der Waals surface area contributed by atoms with Crippen LogP contribution in [0.3, 0.4) is 0 Å². The fourth-order valence-electron chi connectivity index (χ4n) is 2.58. The monoisotopic (exact) mass is 495 g/mol. The molecule has 7 nitrogen and oxygen atoms in total. The van der Waals surface area contributed by atoms with Crippen LogP contribution in [-0.4, -0.2) is 58.4 Å². The smallest absolute Gasteiger partial charge is 0.335 e. The quantitative estimate of drug-likeness (QED) is 0.219. The van der Waals surface area contributed by atoms with Crippen molar-refractivity contribution in [2.75, 3.05) is 13.2 Å². The van der Waals surface area contributed by atoms with Crippen LogP contribution in [0.5, 0.6) is 0 Å². The zero-order valence-corrected chi connectivity index (χ0v) is 22.0. The Morgan fingerprint density at radius 1 is 0.867 bits per heavy atom. The molecule has 0 radical (unpaired) electrons.